The molecule has 0 bridgehead atoms. The fraction of sp³-hybridized carbons (Fsp3) is 0.364. The number of hydrogen-bond donors (Lipinski definition) is 2. The molecule has 0 aromatic carbocycles. The van der Waals surface area contributed by atoms with Gasteiger partial charge >= 0.3 is 12.0 Å². The number of hydrogen-bond acceptors (Lipinski definition) is 6. The summed E-state index contributed by atoms with van der Waals surface area (Å²) in [7, 11) is -3.94. The lowest BCUT2D eigenvalue weighted by atomic mass is 10.1. The van der Waals surface area contributed by atoms with E-state index < -0.39 is 49.5 Å². The second-order valence-corrected chi connectivity index (χ2v) is 7.85. The van der Waals surface area contributed by atoms with Crippen LogP contribution in [-0.4, -0.2) is 41.9 Å². The first kappa shape index (κ1) is 18.8. The average molecular weight is 449 g/mol. The van der Waals surface area contributed by atoms with Crippen molar-refractivity contribution in [3.63, 3.8) is 0 Å². The third kappa shape index (κ3) is 3.30. The van der Waals surface area contributed by atoms with E-state index in [-0.39, 0.29) is 9.99 Å². The number of rotatable bonds is 4. The quantitative estimate of drug-likeness (QED) is 0.544. The Kier molecular flexibility index (Phi) is 4.76. The molecule has 24 heavy (non-hydrogen) atoms. The maximum absolute atomic E-state index is 14.5. The number of fused-ring (bicyclic) bond motifs is 1. The Labute approximate surface area is 147 Å². The summed E-state index contributed by atoms with van der Waals surface area (Å²) in [6.07, 6.45) is -0.859. The van der Waals surface area contributed by atoms with Crippen molar-refractivity contribution in [1.29, 1.82) is 0 Å². The summed E-state index contributed by atoms with van der Waals surface area (Å²) in [6.45, 7) is 0.921. The largest absolute Gasteiger partial charge is 0.465 e. The minimum atomic E-state index is -3.94. The van der Waals surface area contributed by atoms with Crippen molar-refractivity contribution in [3.8, 4) is 0 Å². The average Bonchev–Trinajstić information content (AvgIpc) is 2.74. The third-order valence-electron chi connectivity index (χ3n) is 2.96. The molecule has 0 radical (unpaired) electrons. The Bertz CT molecular complexity index is 933. The van der Waals surface area contributed by atoms with Crippen molar-refractivity contribution in [2.24, 2.45) is 0 Å². The number of furan rings is 1. The molecule has 132 valence electrons. The molecular weight excluding hydrogens is 440 g/mol. The van der Waals surface area contributed by atoms with Crippen LogP contribution in [-0.2, 0) is 15.8 Å². The highest BCUT2D eigenvalue weighted by Crippen LogP contribution is 2.43. The maximum Gasteiger partial charge on any atom is 0.405 e. The monoisotopic (exact) mass is 447 g/mol. The van der Waals surface area contributed by atoms with Gasteiger partial charge in [-0.3, -0.25) is 0 Å². The number of sulfone groups is 1. The van der Waals surface area contributed by atoms with Crippen LogP contribution in [0, 0.1) is 0 Å². The molecule has 2 aromatic heterocycles. The summed E-state index contributed by atoms with van der Waals surface area (Å²) in [5, 5.41) is 9.07. The van der Waals surface area contributed by atoms with Gasteiger partial charge in [0.05, 0.1) is 4.47 Å². The first-order valence-corrected chi connectivity index (χ1v) is 9.15. The Morgan fingerprint density at radius 1 is 1.46 bits per heavy atom. The minimum absolute atomic E-state index is 0.271. The van der Waals surface area contributed by atoms with Crippen LogP contribution in [0.4, 0.5) is 13.6 Å². The number of nitrogens with one attached hydrogen (secondary N) is 1. The summed E-state index contributed by atoms with van der Waals surface area (Å²) in [6, 6.07) is -1.86. The first-order chi connectivity index (χ1) is 10.9. The fourth-order valence-electron chi connectivity index (χ4n) is 1.84. The van der Waals surface area contributed by atoms with Crippen LogP contribution in [0.5, 0.6) is 0 Å². The number of nitrogens with zero attached hydrogens (tertiary/aromatic N) is 2. The highest BCUT2D eigenvalue weighted by molar-refractivity contribution is 9.10. The van der Waals surface area contributed by atoms with Crippen molar-refractivity contribution in [1.82, 2.24) is 15.3 Å². The van der Waals surface area contributed by atoms with E-state index in [0.29, 0.717) is 0 Å². The van der Waals surface area contributed by atoms with Crippen molar-refractivity contribution in [2.75, 3.05) is 6.26 Å². The topological polar surface area (TPSA) is 122 Å². The molecule has 1 atom stereocenters. The third-order valence-corrected chi connectivity index (χ3v) is 4.84. The Morgan fingerprint density at radius 2 is 2.04 bits per heavy atom. The molecular formula is C11H9BrClF2N3O5S. The van der Waals surface area contributed by atoms with E-state index in [1.54, 1.807) is 5.32 Å². The van der Waals surface area contributed by atoms with Crippen LogP contribution >= 0.6 is 27.5 Å². The summed E-state index contributed by atoms with van der Waals surface area (Å²) >= 11 is 8.49. The molecule has 0 aliphatic carbocycles. The first-order valence-electron chi connectivity index (χ1n) is 6.09. The number of amides is 1. The maximum atomic E-state index is 14.5. The van der Waals surface area contributed by atoms with Crippen LogP contribution in [0.1, 0.15) is 12.7 Å². The number of aromatic nitrogens is 2. The van der Waals surface area contributed by atoms with Gasteiger partial charge in [-0.05, 0) is 34.5 Å². The van der Waals surface area contributed by atoms with Gasteiger partial charge in [-0.25, -0.2) is 23.2 Å². The van der Waals surface area contributed by atoms with E-state index in [1.807, 2.05) is 0 Å². The number of halogens is 4. The molecule has 0 aliphatic rings. The highest BCUT2D eigenvalue weighted by atomic mass is 79.9. The van der Waals surface area contributed by atoms with Crippen LogP contribution in [0.15, 0.2) is 13.9 Å². The smallest absolute Gasteiger partial charge is 0.405 e. The van der Waals surface area contributed by atoms with Gasteiger partial charge in [-0.2, -0.15) is 8.78 Å². The molecule has 0 unspecified atom stereocenters. The van der Waals surface area contributed by atoms with Crippen molar-refractivity contribution in [2.45, 2.75) is 23.9 Å². The Morgan fingerprint density at radius 3 is 2.54 bits per heavy atom. The van der Waals surface area contributed by atoms with E-state index in [1.165, 1.54) is 0 Å². The molecule has 1 amide bonds. The fourth-order valence-corrected chi connectivity index (χ4v) is 3.40. The predicted octanol–water partition coefficient (Wildman–Crippen LogP) is 2.79. The van der Waals surface area contributed by atoms with Crippen molar-refractivity contribution < 1.29 is 31.5 Å². The molecule has 0 aliphatic heterocycles. The molecule has 2 rings (SSSR count). The van der Waals surface area contributed by atoms with Gasteiger partial charge in [-0.1, -0.05) is 0 Å². The molecule has 13 heteroatoms. The summed E-state index contributed by atoms with van der Waals surface area (Å²) < 4.78 is 57.0. The summed E-state index contributed by atoms with van der Waals surface area (Å²) in [5.74, 6) is -4.81. The van der Waals surface area contributed by atoms with Gasteiger partial charge in [0.15, 0.2) is 21.2 Å². The second kappa shape index (κ2) is 6.08. The number of alkyl halides is 2. The molecule has 0 saturated carbocycles. The van der Waals surface area contributed by atoms with Crippen molar-refractivity contribution in [3.05, 3.63) is 15.5 Å². The van der Waals surface area contributed by atoms with Crippen LogP contribution < -0.4 is 5.32 Å². The zero-order valence-corrected chi connectivity index (χ0v) is 15.1. The van der Waals surface area contributed by atoms with Gasteiger partial charge in [0.1, 0.15) is 11.6 Å². The Hall–Kier alpha value is -1.53. The predicted molar refractivity (Wildman–Crippen MR) is 82.1 cm³/mol. The van der Waals surface area contributed by atoms with E-state index >= 15 is 0 Å². The van der Waals surface area contributed by atoms with Crippen molar-refractivity contribution >= 4 is 54.6 Å². The van der Waals surface area contributed by atoms with Crippen LogP contribution in [0.25, 0.3) is 11.1 Å². The van der Waals surface area contributed by atoms with Crippen LogP contribution in [0.2, 0.25) is 5.28 Å². The van der Waals surface area contributed by atoms with Gasteiger partial charge in [0.2, 0.25) is 10.3 Å². The Balaban J connectivity index is 2.74. The summed E-state index contributed by atoms with van der Waals surface area (Å²) in [5.41, 5.74) is -0.779. The molecule has 2 N–H and O–H groups in total. The molecule has 2 aromatic rings. The van der Waals surface area contributed by atoms with Crippen LogP contribution in [0.3, 0.4) is 0 Å². The van der Waals surface area contributed by atoms with E-state index in [2.05, 4.69) is 25.9 Å². The normalized spacial score (nSPS) is 13.9. The van der Waals surface area contributed by atoms with Gasteiger partial charge < -0.3 is 14.8 Å². The van der Waals surface area contributed by atoms with Gasteiger partial charge in [0.25, 0.3) is 0 Å². The summed E-state index contributed by atoms with van der Waals surface area (Å²) in [4.78, 5) is 17.8. The SMILES string of the molecule is C[C@H](NC(=O)O)C(F)(F)c1oc2c(S(C)(=O)=O)nc(Cl)nc2c1Br. The van der Waals surface area contributed by atoms with E-state index in [0.717, 1.165) is 13.2 Å². The lowest BCUT2D eigenvalue weighted by Gasteiger charge is -2.21. The number of carbonyl (C=O) groups is 1. The van der Waals surface area contributed by atoms with E-state index in [4.69, 9.17) is 21.1 Å². The second-order valence-electron chi connectivity index (χ2n) is 4.79. The molecule has 8 nitrogen and oxygen atoms in total. The minimum Gasteiger partial charge on any atom is -0.465 e. The highest BCUT2D eigenvalue weighted by Gasteiger charge is 2.46. The lowest BCUT2D eigenvalue weighted by molar-refractivity contribution is -0.0544. The standard InChI is InChI=1S/C11H9BrClF2N3O5S/c1-3(16-10(19)20)11(14,15)7-4(12)5-6(23-7)8(24(2,21)22)18-9(13)17-5/h3,16H,1-2H3,(H,19,20)/t3-/m0/s1. The molecule has 0 spiro atoms. The molecule has 0 fully saturated rings. The lowest BCUT2D eigenvalue weighted by Crippen LogP contribution is -2.43. The zero-order valence-electron chi connectivity index (χ0n) is 12.0. The molecule has 0 saturated heterocycles. The van der Waals surface area contributed by atoms with Gasteiger partial charge in [-0.15, -0.1) is 0 Å². The molecule has 2 heterocycles. The number of carboxylic acid groups (broad SMARTS) is 1. The van der Waals surface area contributed by atoms with Gasteiger partial charge in [0, 0.05) is 6.26 Å². The zero-order chi connectivity index (χ0) is 18.4. The van der Waals surface area contributed by atoms with E-state index in [9.17, 15) is 22.0 Å².